The number of amides is 1. The van der Waals surface area contributed by atoms with Gasteiger partial charge in [0.1, 0.15) is 29.8 Å². The fourth-order valence-electron chi connectivity index (χ4n) is 13.2. The molecule has 5 aliphatic heterocycles. The largest absolute Gasteiger partial charge is 0.491 e. The van der Waals surface area contributed by atoms with E-state index in [1.54, 1.807) is 12.3 Å². The van der Waals surface area contributed by atoms with Crippen molar-refractivity contribution in [3.8, 4) is 17.4 Å². The topological polar surface area (TPSA) is 223 Å². The number of nitro benzene ring substituents is 1. The van der Waals surface area contributed by atoms with Crippen LogP contribution in [0.3, 0.4) is 0 Å². The fraction of sp³-hybridized carbons (Fsp3) is 0.536. The molecule has 2 aromatic heterocycles. The van der Waals surface area contributed by atoms with Gasteiger partial charge in [0.15, 0.2) is 11.4 Å². The first-order valence-electron chi connectivity index (χ1n) is 27.1. The number of fused-ring (bicyclic) bond motifs is 4. The van der Waals surface area contributed by atoms with Gasteiger partial charge in [-0.15, -0.1) is 0 Å². The van der Waals surface area contributed by atoms with Gasteiger partial charge in [-0.05, 0) is 133 Å². The Balaban J connectivity index is 0.817. The van der Waals surface area contributed by atoms with Crippen LogP contribution in [-0.4, -0.2) is 128 Å². The third-order valence-corrected chi connectivity index (χ3v) is 18.6. The van der Waals surface area contributed by atoms with Crippen molar-refractivity contribution < 1.29 is 46.9 Å². The summed E-state index contributed by atoms with van der Waals surface area (Å²) >= 11 is 0. The van der Waals surface area contributed by atoms with E-state index in [1.807, 2.05) is 37.3 Å². The van der Waals surface area contributed by atoms with Crippen LogP contribution < -0.4 is 34.0 Å². The molecule has 5 aromatic rings. The third kappa shape index (κ3) is 9.79. The van der Waals surface area contributed by atoms with Crippen molar-refractivity contribution in [3.05, 3.63) is 94.2 Å². The van der Waals surface area contributed by atoms with E-state index in [1.165, 1.54) is 11.6 Å². The minimum absolute atomic E-state index is 0.0120. The first kappa shape index (κ1) is 50.6. The summed E-state index contributed by atoms with van der Waals surface area (Å²) in [6.45, 7) is 10.7. The van der Waals surface area contributed by atoms with Crippen molar-refractivity contribution in [2.75, 3.05) is 67.8 Å². The molecule has 20 heteroatoms. The molecule has 19 nitrogen and oxygen atoms in total. The lowest BCUT2D eigenvalue weighted by Crippen LogP contribution is -2.57. The molecular formula is C56H68N8O11S. The summed E-state index contributed by atoms with van der Waals surface area (Å²) in [4.78, 5) is 41.4. The minimum Gasteiger partial charge on any atom is -0.491 e. The SMILES string of the molecule is CC(C)Oc1ccccc1[C@@H]1COCCN1C1CC2(CCN(c3ccc(C(=O)NS(=O)(=O)c4cc5c(c([N+](=O)[O-])c4)N[C@H](CC4CCC(C)(O)CC4)CO5)c(N4c5cc6cc[nH]c6nc5O[C@H]5COCC[C@@H]54)c3)CC2)C1. The van der Waals surface area contributed by atoms with E-state index >= 15 is 0 Å². The first-order valence-corrected chi connectivity index (χ1v) is 28.6. The van der Waals surface area contributed by atoms with E-state index in [0.717, 1.165) is 81.0 Å². The number of nitro groups is 1. The molecule has 2 saturated carbocycles. The number of nitrogens with one attached hydrogen (secondary N) is 3. The van der Waals surface area contributed by atoms with Gasteiger partial charge < -0.3 is 48.9 Å². The molecule has 7 heterocycles. The fourth-order valence-corrected chi connectivity index (χ4v) is 14.2. The number of aromatic amines is 1. The molecule has 1 amide bonds. The summed E-state index contributed by atoms with van der Waals surface area (Å²) in [5, 5.41) is 27.2. The monoisotopic (exact) mass is 1060 g/mol. The number of piperidine rings is 1. The molecule has 5 fully saturated rings. The lowest BCUT2D eigenvalue weighted by molar-refractivity contribution is -0.384. The van der Waals surface area contributed by atoms with E-state index in [-0.39, 0.29) is 59.9 Å². The van der Waals surface area contributed by atoms with Crippen molar-refractivity contribution in [1.29, 1.82) is 0 Å². The Morgan fingerprint density at radius 3 is 2.54 bits per heavy atom. The number of para-hydroxylation sites is 1. The Bertz CT molecular complexity index is 3120. The molecule has 2 aliphatic carbocycles. The summed E-state index contributed by atoms with van der Waals surface area (Å²) in [5.74, 6) is 0.675. The van der Waals surface area contributed by atoms with Gasteiger partial charge in [0.25, 0.3) is 21.6 Å². The lowest BCUT2D eigenvalue weighted by Gasteiger charge is -2.57. The summed E-state index contributed by atoms with van der Waals surface area (Å²) in [6.07, 6.45) is 9.85. The third-order valence-electron chi connectivity index (χ3n) is 17.3. The van der Waals surface area contributed by atoms with Crippen LogP contribution in [0, 0.1) is 21.4 Å². The predicted molar refractivity (Wildman–Crippen MR) is 286 cm³/mol. The smallest absolute Gasteiger partial charge is 0.297 e. The van der Waals surface area contributed by atoms with Crippen molar-refractivity contribution in [2.24, 2.45) is 11.3 Å². The van der Waals surface area contributed by atoms with Crippen LogP contribution in [0.1, 0.15) is 107 Å². The van der Waals surface area contributed by atoms with Gasteiger partial charge in [-0.1, -0.05) is 18.2 Å². The molecule has 0 bridgehead atoms. The number of ether oxygens (including phenoxy) is 5. The second kappa shape index (κ2) is 20.0. The second-order valence-electron chi connectivity index (χ2n) is 22.8. The summed E-state index contributed by atoms with van der Waals surface area (Å²) < 4.78 is 62.0. The van der Waals surface area contributed by atoms with Crippen molar-refractivity contribution in [3.63, 3.8) is 0 Å². The molecule has 0 unspecified atom stereocenters. The Hall–Kier alpha value is -6.19. The van der Waals surface area contributed by atoms with Gasteiger partial charge in [-0.2, -0.15) is 4.98 Å². The zero-order valence-corrected chi connectivity index (χ0v) is 44.2. The maximum atomic E-state index is 14.9. The van der Waals surface area contributed by atoms with E-state index in [2.05, 4.69) is 61.8 Å². The number of hydrogen-bond donors (Lipinski definition) is 4. The van der Waals surface area contributed by atoms with Crippen molar-refractivity contribution in [1.82, 2.24) is 19.6 Å². The molecule has 0 radical (unpaired) electrons. The summed E-state index contributed by atoms with van der Waals surface area (Å²) in [6, 6.07) is 20.0. The average molecular weight is 1060 g/mol. The number of carbonyl (C=O) groups is 1. The van der Waals surface area contributed by atoms with Crippen LogP contribution >= 0.6 is 0 Å². The molecule has 404 valence electrons. The summed E-state index contributed by atoms with van der Waals surface area (Å²) in [7, 11) is -4.72. The Kier molecular flexibility index (Phi) is 13.3. The minimum atomic E-state index is -4.72. The molecule has 3 aromatic carbocycles. The van der Waals surface area contributed by atoms with Gasteiger partial charge in [-0.3, -0.25) is 19.8 Å². The predicted octanol–water partition coefficient (Wildman–Crippen LogP) is 8.39. The molecule has 4 N–H and O–H groups in total. The summed E-state index contributed by atoms with van der Waals surface area (Å²) in [5.41, 5.74) is 3.02. The van der Waals surface area contributed by atoms with Crippen LogP contribution in [-0.2, 0) is 19.5 Å². The number of sulfonamides is 1. The molecular weight excluding hydrogens is 993 g/mol. The average Bonchev–Trinajstić information content (AvgIpc) is 3.86. The molecule has 4 atom stereocenters. The van der Waals surface area contributed by atoms with Gasteiger partial charge in [-0.25, -0.2) is 13.1 Å². The van der Waals surface area contributed by atoms with Gasteiger partial charge in [0.2, 0.25) is 5.88 Å². The van der Waals surface area contributed by atoms with Crippen molar-refractivity contribution >= 4 is 55.4 Å². The zero-order chi connectivity index (χ0) is 52.5. The Labute approximate surface area is 442 Å². The highest BCUT2D eigenvalue weighted by molar-refractivity contribution is 7.90. The van der Waals surface area contributed by atoms with Crippen LogP contribution in [0.4, 0.5) is 28.4 Å². The number of aromatic nitrogens is 2. The quantitative estimate of drug-likeness (QED) is 0.0680. The Morgan fingerprint density at radius 1 is 0.961 bits per heavy atom. The number of anilines is 4. The number of aliphatic hydroxyl groups is 1. The molecule has 1 spiro atoms. The highest BCUT2D eigenvalue weighted by atomic mass is 32.2. The number of carbonyl (C=O) groups excluding carboxylic acids is 1. The number of nitrogens with zero attached hydrogens (tertiary/aromatic N) is 5. The van der Waals surface area contributed by atoms with Crippen LogP contribution in [0.2, 0.25) is 0 Å². The van der Waals surface area contributed by atoms with Crippen LogP contribution in [0.25, 0.3) is 11.0 Å². The second-order valence-corrected chi connectivity index (χ2v) is 24.5. The van der Waals surface area contributed by atoms with Gasteiger partial charge >= 0.3 is 0 Å². The van der Waals surface area contributed by atoms with Crippen LogP contribution in [0.5, 0.6) is 17.4 Å². The van der Waals surface area contributed by atoms with E-state index in [4.69, 9.17) is 28.7 Å². The molecule has 3 saturated heterocycles. The Morgan fingerprint density at radius 2 is 1.75 bits per heavy atom. The number of rotatable bonds is 12. The van der Waals surface area contributed by atoms with E-state index in [9.17, 15) is 28.4 Å². The normalized spacial score (nSPS) is 26.6. The van der Waals surface area contributed by atoms with Gasteiger partial charge in [0, 0.05) is 67.2 Å². The van der Waals surface area contributed by atoms with Crippen molar-refractivity contribution in [2.45, 2.75) is 132 Å². The van der Waals surface area contributed by atoms with Gasteiger partial charge in [0.05, 0.1) is 70.7 Å². The molecule has 7 aliphatic rings. The lowest BCUT2D eigenvalue weighted by atomic mass is 9.59. The number of pyridine rings is 1. The maximum absolute atomic E-state index is 14.9. The highest BCUT2D eigenvalue weighted by Crippen LogP contribution is 2.54. The standard InChI is InChI=1S/C56H68N8O11S/c1-34(2)74-48-7-5-4-6-41(48)47-32-72-23-21-62(47)39-29-56(30-39)16-19-61(20-17-56)38-8-9-42(44(26-38)63-43-13-22-71-33-50(43)75-54-46(63)25-36-12-18-57-52(36)59-54)53(65)60-76(69,70)40-27-45(64(67)68)51-49(28-40)73-31-37(58-51)24-35-10-14-55(3,66)15-11-35/h4-9,12,18,25-28,34-35,37,39,43,47,50,58,66H,10-11,13-17,19-24,29-33H2,1-3H3,(H,57,59)(H,60,65)/t35?,37-,43+,47+,50+,55?/m1/s1. The maximum Gasteiger partial charge on any atom is 0.297 e. The molecule has 12 rings (SSSR count). The number of H-pyrrole nitrogens is 1. The number of morpholine rings is 1. The van der Waals surface area contributed by atoms with Crippen LogP contribution in [0.15, 0.2) is 77.8 Å². The van der Waals surface area contributed by atoms with E-state index < -0.39 is 43.1 Å². The highest BCUT2D eigenvalue weighted by Gasteiger charge is 2.50. The van der Waals surface area contributed by atoms with E-state index in [0.29, 0.717) is 80.4 Å². The first-order chi connectivity index (χ1) is 36.6. The number of hydrogen-bond acceptors (Lipinski definition) is 16. The molecule has 76 heavy (non-hydrogen) atoms. The zero-order valence-electron chi connectivity index (χ0n) is 43.4. The number of benzene rings is 3.